The molecule has 0 heterocycles. The first-order chi connectivity index (χ1) is 14.9. The van der Waals surface area contributed by atoms with Crippen LogP contribution in [0.5, 0.6) is 5.75 Å². The van der Waals surface area contributed by atoms with Crippen molar-refractivity contribution in [2.75, 3.05) is 19.7 Å². The van der Waals surface area contributed by atoms with Gasteiger partial charge in [-0.25, -0.2) is 0 Å². The second kappa shape index (κ2) is 12.8. The lowest BCUT2D eigenvalue weighted by Gasteiger charge is -2.28. The van der Waals surface area contributed by atoms with Crippen LogP contribution in [0, 0.1) is 0 Å². The van der Waals surface area contributed by atoms with E-state index in [1.807, 2.05) is 54.6 Å². The van der Waals surface area contributed by atoms with E-state index in [0.717, 1.165) is 18.4 Å². The van der Waals surface area contributed by atoms with Crippen molar-refractivity contribution in [2.45, 2.75) is 58.9 Å². The molecular formula is C26H36N2O3. The maximum atomic E-state index is 13.0. The van der Waals surface area contributed by atoms with Crippen molar-refractivity contribution in [2.24, 2.45) is 0 Å². The van der Waals surface area contributed by atoms with Gasteiger partial charge in [0.15, 0.2) is 6.61 Å². The number of nitrogens with zero attached hydrogens (tertiary/aromatic N) is 1. The summed E-state index contributed by atoms with van der Waals surface area (Å²) in [5, 5.41) is 2.93. The van der Waals surface area contributed by atoms with E-state index in [2.05, 4.69) is 26.1 Å². The Kier molecular flexibility index (Phi) is 10.1. The van der Waals surface area contributed by atoms with E-state index in [1.54, 1.807) is 11.8 Å². The molecule has 0 aliphatic rings. The van der Waals surface area contributed by atoms with E-state index < -0.39 is 6.04 Å². The second-order valence-electron chi connectivity index (χ2n) is 8.16. The Bertz CT molecular complexity index is 803. The van der Waals surface area contributed by atoms with Crippen LogP contribution in [-0.2, 0) is 16.0 Å². The highest BCUT2D eigenvalue weighted by Gasteiger charge is 2.25. The first-order valence-electron chi connectivity index (χ1n) is 11.3. The minimum absolute atomic E-state index is 0.0948. The van der Waals surface area contributed by atoms with Gasteiger partial charge in [-0.1, -0.05) is 69.7 Å². The summed E-state index contributed by atoms with van der Waals surface area (Å²) in [7, 11) is 0. The molecule has 0 aliphatic heterocycles. The quantitative estimate of drug-likeness (QED) is 0.508. The standard InChI is InChI=1S/C26H36N2O3/c1-5-6-17-27-26(30)21(4)28(18-16-22-10-8-7-9-11-22)25(29)19-31-24-14-12-23(13-15-24)20(2)3/h7-15,20-21H,5-6,16-19H2,1-4H3,(H,27,30)/t21-/m0/s1. The van der Waals surface area contributed by atoms with Crippen molar-refractivity contribution in [3.8, 4) is 5.75 Å². The average molecular weight is 425 g/mol. The van der Waals surface area contributed by atoms with Crippen LogP contribution in [0.25, 0.3) is 0 Å². The number of nitrogens with one attached hydrogen (secondary N) is 1. The first kappa shape index (κ1) is 24.4. The minimum atomic E-state index is -0.556. The Balaban J connectivity index is 2.02. The van der Waals surface area contributed by atoms with Gasteiger partial charge in [0.1, 0.15) is 11.8 Å². The van der Waals surface area contributed by atoms with E-state index in [9.17, 15) is 9.59 Å². The van der Waals surface area contributed by atoms with Crippen molar-refractivity contribution in [1.29, 1.82) is 0 Å². The highest BCUT2D eigenvalue weighted by atomic mass is 16.5. The number of amides is 2. The average Bonchev–Trinajstić information content (AvgIpc) is 2.78. The molecule has 2 aromatic carbocycles. The van der Waals surface area contributed by atoms with Gasteiger partial charge in [-0.3, -0.25) is 9.59 Å². The van der Waals surface area contributed by atoms with Gasteiger partial charge in [0.25, 0.3) is 5.91 Å². The molecule has 0 aliphatic carbocycles. The van der Waals surface area contributed by atoms with Crippen LogP contribution < -0.4 is 10.1 Å². The Morgan fingerprint density at radius 3 is 2.29 bits per heavy atom. The maximum Gasteiger partial charge on any atom is 0.261 e. The van der Waals surface area contributed by atoms with E-state index >= 15 is 0 Å². The predicted molar refractivity (Wildman–Crippen MR) is 125 cm³/mol. The Morgan fingerprint density at radius 2 is 1.68 bits per heavy atom. The topological polar surface area (TPSA) is 58.6 Å². The zero-order valence-electron chi connectivity index (χ0n) is 19.3. The van der Waals surface area contributed by atoms with E-state index in [4.69, 9.17) is 4.74 Å². The molecule has 0 aromatic heterocycles. The van der Waals surface area contributed by atoms with Crippen LogP contribution in [0.4, 0.5) is 0 Å². The van der Waals surface area contributed by atoms with Crippen molar-refractivity contribution in [3.63, 3.8) is 0 Å². The van der Waals surface area contributed by atoms with Gasteiger partial charge in [0, 0.05) is 13.1 Å². The molecule has 168 valence electrons. The largest absolute Gasteiger partial charge is 0.484 e. The third kappa shape index (κ3) is 8.08. The number of carbonyl (C=O) groups excluding carboxylic acids is 2. The van der Waals surface area contributed by atoms with Crippen LogP contribution in [0.3, 0.4) is 0 Å². The highest BCUT2D eigenvalue weighted by molar-refractivity contribution is 5.87. The van der Waals surface area contributed by atoms with Gasteiger partial charge in [0.05, 0.1) is 0 Å². The van der Waals surface area contributed by atoms with Crippen LogP contribution in [-0.4, -0.2) is 42.5 Å². The van der Waals surface area contributed by atoms with Gasteiger partial charge in [-0.05, 0) is 48.9 Å². The van der Waals surface area contributed by atoms with Gasteiger partial charge < -0.3 is 15.0 Å². The van der Waals surface area contributed by atoms with Gasteiger partial charge in [0.2, 0.25) is 5.91 Å². The van der Waals surface area contributed by atoms with E-state index in [-0.39, 0.29) is 18.4 Å². The number of ether oxygens (including phenoxy) is 1. The lowest BCUT2D eigenvalue weighted by Crippen LogP contribution is -2.50. The molecule has 5 nitrogen and oxygen atoms in total. The molecule has 0 unspecified atom stereocenters. The molecule has 5 heteroatoms. The zero-order chi connectivity index (χ0) is 22.6. The summed E-state index contributed by atoms with van der Waals surface area (Å²) in [6, 6.07) is 17.2. The fourth-order valence-electron chi connectivity index (χ4n) is 3.28. The van der Waals surface area contributed by atoms with Crippen LogP contribution in [0.15, 0.2) is 54.6 Å². The van der Waals surface area contributed by atoms with Gasteiger partial charge in [-0.2, -0.15) is 0 Å². The Hall–Kier alpha value is -2.82. The molecule has 1 N–H and O–H groups in total. The third-order valence-electron chi connectivity index (χ3n) is 5.39. The summed E-state index contributed by atoms with van der Waals surface area (Å²) in [6.45, 7) is 9.12. The monoisotopic (exact) mass is 424 g/mol. The van der Waals surface area contributed by atoms with E-state index in [0.29, 0.717) is 31.2 Å². The fourth-order valence-corrected chi connectivity index (χ4v) is 3.28. The lowest BCUT2D eigenvalue weighted by atomic mass is 10.0. The summed E-state index contributed by atoms with van der Waals surface area (Å²) < 4.78 is 5.74. The third-order valence-corrected chi connectivity index (χ3v) is 5.39. The summed E-state index contributed by atoms with van der Waals surface area (Å²) in [5.41, 5.74) is 2.35. The number of unbranched alkanes of at least 4 members (excludes halogenated alkanes) is 1. The maximum absolute atomic E-state index is 13.0. The van der Waals surface area contributed by atoms with Crippen LogP contribution >= 0.6 is 0 Å². The van der Waals surface area contributed by atoms with E-state index in [1.165, 1.54) is 5.56 Å². The van der Waals surface area contributed by atoms with Crippen molar-refractivity contribution in [1.82, 2.24) is 10.2 Å². The molecule has 2 amide bonds. The predicted octanol–water partition coefficient (Wildman–Crippen LogP) is 4.56. The van der Waals surface area contributed by atoms with Gasteiger partial charge >= 0.3 is 0 Å². The molecule has 0 saturated carbocycles. The number of hydrogen-bond donors (Lipinski definition) is 1. The summed E-state index contributed by atoms with van der Waals surface area (Å²) in [6.07, 6.45) is 2.61. The number of rotatable bonds is 12. The first-order valence-corrected chi connectivity index (χ1v) is 11.3. The molecule has 0 fully saturated rings. The Labute approximate surface area is 186 Å². The second-order valence-corrected chi connectivity index (χ2v) is 8.16. The van der Waals surface area contributed by atoms with Crippen molar-refractivity contribution in [3.05, 3.63) is 65.7 Å². The lowest BCUT2D eigenvalue weighted by molar-refractivity contribution is -0.141. The zero-order valence-corrected chi connectivity index (χ0v) is 19.3. The molecule has 0 spiro atoms. The smallest absolute Gasteiger partial charge is 0.261 e. The molecular weight excluding hydrogens is 388 g/mol. The molecule has 2 aromatic rings. The summed E-state index contributed by atoms with van der Waals surface area (Å²) in [5.74, 6) is 0.773. The summed E-state index contributed by atoms with van der Waals surface area (Å²) >= 11 is 0. The van der Waals surface area contributed by atoms with Crippen molar-refractivity contribution >= 4 is 11.8 Å². The number of benzene rings is 2. The van der Waals surface area contributed by atoms with Gasteiger partial charge in [-0.15, -0.1) is 0 Å². The summed E-state index contributed by atoms with van der Waals surface area (Å²) in [4.78, 5) is 27.2. The number of carbonyl (C=O) groups is 2. The molecule has 0 bridgehead atoms. The van der Waals surface area contributed by atoms with Crippen LogP contribution in [0.1, 0.15) is 57.6 Å². The molecule has 0 saturated heterocycles. The van der Waals surface area contributed by atoms with Crippen LogP contribution in [0.2, 0.25) is 0 Å². The molecule has 1 atom stereocenters. The molecule has 2 rings (SSSR count). The Morgan fingerprint density at radius 1 is 1.00 bits per heavy atom. The normalized spacial score (nSPS) is 11.8. The van der Waals surface area contributed by atoms with Crippen molar-refractivity contribution < 1.29 is 14.3 Å². The molecule has 0 radical (unpaired) electrons. The number of hydrogen-bond acceptors (Lipinski definition) is 3. The SMILES string of the molecule is CCCCNC(=O)[C@H](C)N(CCc1ccccc1)C(=O)COc1ccc(C(C)C)cc1. The highest BCUT2D eigenvalue weighted by Crippen LogP contribution is 2.18. The minimum Gasteiger partial charge on any atom is -0.484 e. The fraction of sp³-hybridized carbons (Fsp3) is 0.462. The molecule has 31 heavy (non-hydrogen) atoms.